The Hall–Kier alpha value is -4.25. The third-order valence-electron chi connectivity index (χ3n) is 5.58. The Morgan fingerprint density at radius 2 is 1.76 bits per heavy atom. The van der Waals surface area contributed by atoms with Gasteiger partial charge < -0.3 is 14.6 Å². The molecule has 1 aromatic carbocycles. The van der Waals surface area contributed by atoms with E-state index in [4.69, 9.17) is 4.74 Å². The summed E-state index contributed by atoms with van der Waals surface area (Å²) in [5, 5.41) is 6.95. The Bertz CT molecular complexity index is 1430. The van der Waals surface area contributed by atoms with Gasteiger partial charge in [-0.2, -0.15) is 18.3 Å². The number of aromatic nitrogens is 4. The largest absolute Gasteiger partial charge is 0.433 e. The van der Waals surface area contributed by atoms with Crippen molar-refractivity contribution in [2.75, 3.05) is 7.11 Å². The van der Waals surface area contributed by atoms with Crippen LogP contribution in [0.25, 0.3) is 0 Å². The molecular weight excluding hydrogens is 487 g/mol. The van der Waals surface area contributed by atoms with Crippen LogP contribution in [0, 0.1) is 0 Å². The Labute approximate surface area is 210 Å². The second kappa shape index (κ2) is 11.2. The lowest BCUT2D eigenvalue weighted by Gasteiger charge is -2.12. The molecule has 3 heterocycles. The normalized spacial score (nSPS) is 11.5. The van der Waals surface area contributed by atoms with Gasteiger partial charge in [-0.1, -0.05) is 36.4 Å². The molecule has 4 rings (SSSR count). The Balaban J connectivity index is 1.45. The summed E-state index contributed by atoms with van der Waals surface area (Å²) in [4.78, 5) is 28.2. The lowest BCUT2D eigenvalue weighted by molar-refractivity contribution is -0.141. The molecule has 192 valence electrons. The van der Waals surface area contributed by atoms with Crippen LogP contribution in [-0.4, -0.2) is 32.3 Å². The molecule has 0 aliphatic heterocycles. The molecule has 11 heteroatoms. The molecule has 3 aromatic heterocycles. The Kier molecular flexibility index (Phi) is 7.83. The summed E-state index contributed by atoms with van der Waals surface area (Å²) in [5.41, 5.74) is 1.17. The number of halogens is 3. The van der Waals surface area contributed by atoms with Gasteiger partial charge in [0.1, 0.15) is 11.4 Å². The number of nitrogens with zero attached hydrogens (tertiary/aromatic N) is 4. The van der Waals surface area contributed by atoms with Crippen LogP contribution in [0.5, 0.6) is 0 Å². The van der Waals surface area contributed by atoms with Gasteiger partial charge in [-0.05, 0) is 23.3 Å². The van der Waals surface area contributed by atoms with Gasteiger partial charge in [-0.3, -0.25) is 19.3 Å². The molecule has 0 radical (unpaired) electrons. The van der Waals surface area contributed by atoms with E-state index in [1.165, 1.54) is 31.5 Å². The number of hydrogen-bond donors (Lipinski definition) is 1. The van der Waals surface area contributed by atoms with Gasteiger partial charge in [0.2, 0.25) is 0 Å². The van der Waals surface area contributed by atoms with Crippen molar-refractivity contribution in [1.29, 1.82) is 0 Å². The van der Waals surface area contributed by atoms with Crippen molar-refractivity contribution < 1.29 is 22.7 Å². The van der Waals surface area contributed by atoms with E-state index < -0.39 is 17.8 Å². The average molecular weight is 512 g/mol. The van der Waals surface area contributed by atoms with Crippen LogP contribution in [0.1, 0.15) is 38.4 Å². The molecule has 0 spiro atoms. The summed E-state index contributed by atoms with van der Waals surface area (Å²) < 4.78 is 47.9. The lowest BCUT2D eigenvalue weighted by Crippen LogP contribution is -2.25. The summed E-state index contributed by atoms with van der Waals surface area (Å²) in [6.45, 7) is 0.514. The van der Waals surface area contributed by atoms with Crippen molar-refractivity contribution in [3.8, 4) is 0 Å². The molecule has 8 nitrogen and oxygen atoms in total. The number of ether oxygens (including phenoxy) is 1. The summed E-state index contributed by atoms with van der Waals surface area (Å²) in [6.07, 6.45) is -0.305. The fourth-order valence-electron chi connectivity index (χ4n) is 3.81. The number of alkyl halides is 3. The van der Waals surface area contributed by atoms with E-state index in [-0.39, 0.29) is 29.8 Å². The average Bonchev–Trinajstić information content (AvgIpc) is 3.27. The maximum Gasteiger partial charge on any atom is 0.433 e. The topological polar surface area (TPSA) is 91.0 Å². The van der Waals surface area contributed by atoms with Gasteiger partial charge in [-0.25, -0.2) is 0 Å². The zero-order valence-corrected chi connectivity index (χ0v) is 19.9. The van der Waals surface area contributed by atoms with E-state index in [1.54, 1.807) is 27.6 Å². The second-order valence-electron chi connectivity index (χ2n) is 8.29. The van der Waals surface area contributed by atoms with Crippen LogP contribution in [0.4, 0.5) is 13.2 Å². The van der Waals surface area contributed by atoms with E-state index in [1.807, 2.05) is 24.3 Å². The number of pyridine rings is 2. The Morgan fingerprint density at radius 3 is 2.43 bits per heavy atom. The summed E-state index contributed by atoms with van der Waals surface area (Å²) in [7, 11) is 1.46. The van der Waals surface area contributed by atoms with Crippen LogP contribution in [0.2, 0.25) is 0 Å². The summed E-state index contributed by atoms with van der Waals surface area (Å²) in [5.74, 6) is -0.570. The van der Waals surface area contributed by atoms with Crippen molar-refractivity contribution in [1.82, 2.24) is 24.6 Å². The number of benzene rings is 1. The lowest BCUT2D eigenvalue weighted by atomic mass is 10.1. The van der Waals surface area contributed by atoms with E-state index in [9.17, 15) is 22.8 Å². The number of hydrogen-bond acceptors (Lipinski definition) is 5. The molecule has 1 amide bonds. The first-order valence-electron chi connectivity index (χ1n) is 11.3. The molecule has 1 N–H and O–H groups in total. The summed E-state index contributed by atoms with van der Waals surface area (Å²) >= 11 is 0. The van der Waals surface area contributed by atoms with Crippen LogP contribution in [0.15, 0.2) is 78.0 Å². The van der Waals surface area contributed by atoms with Crippen molar-refractivity contribution in [2.24, 2.45) is 0 Å². The van der Waals surface area contributed by atoms with Gasteiger partial charge in [-0.15, -0.1) is 0 Å². The number of rotatable bonds is 9. The van der Waals surface area contributed by atoms with Gasteiger partial charge in [0.15, 0.2) is 0 Å². The van der Waals surface area contributed by atoms with Crippen LogP contribution in [-0.2, 0) is 37.2 Å². The van der Waals surface area contributed by atoms with E-state index in [0.717, 1.165) is 17.3 Å². The maximum absolute atomic E-state index is 13.2. The van der Waals surface area contributed by atoms with E-state index in [2.05, 4.69) is 15.4 Å². The second-order valence-corrected chi connectivity index (χ2v) is 8.29. The highest BCUT2D eigenvalue weighted by Crippen LogP contribution is 2.30. The molecule has 0 aliphatic carbocycles. The molecule has 0 saturated heterocycles. The number of carbonyl (C=O) groups excluding carboxylic acids is 1. The van der Waals surface area contributed by atoms with Crippen LogP contribution >= 0.6 is 0 Å². The minimum atomic E-state index is -4.62. The number of carbonyl (C=O) groups is 1. The monoisotopic (exact) mass is 511 g/mol. The Morgan fingerprint density at radius 1 is 1.03 bits per heavy atom. The standard InChI is InChI=1S/C26H24F3N5O3/c1-37-17-22-21(25(36)31-13-20-5-4-11-30-24(20)26(27,28)29)16-34(32-22)15-19-9-7-18(8-10-19)14-33-12-3-2-6-23(33)35/h2-12,16H,13-15,17H2,1H3,(H,31,36). The van der Waals surface area contributed by atoms with Crippen molar-refractivity contribution in [2.45, 2.75) is 32.4 Å². The zero-order chi connectivity index (χ0) is 26.4. The molecule has 0 unspecified atom stereocenters. The first-order valence-corrected chi connectivity index (χ1v) is 11.3. The quantitative estimate of drug-likeness (QED) is 0.371. The third kappa shape index (κ3) is 6.50. The van der Waals surface area contributed by atoms with Gasteiger partial charge >= 0.3 is 6.18 Å². The van der Waals surface area contributed by atoms with Gasteiger partial charge in [0.25, 0.3) is 11.5 Å². The third-order valence-corrected chi connectivity index (χ3v) is 5.58. The van der Waals surface area contributed by atoms with E-state index in [0.29, 0.717) is 18.8 Å². The minimum Gasteiger partial charge on any atom is -0.378 e. The molecule has 0 bridgehead atoms. The molecule has 4 aromatic rings. The van der Waals surface area contributed by atoms with Crippen molar-refractivity contribution in [3.05, 3.63) is 117 Å². The molecule has 0 aliphatic rings. The predicted molar refractivity (Wildman–Crippen MR) is 129 cm³/mol. The fourth-order valence-corrected chi connectivity index (χ4v) is 3.81. The van der Waals surface area contributed by atoms with Crippen molar-refractivity contribution in [3.63, 3.8) is 0 Å². The number of methoxy groups -OCH3 is 1. The first-order chi connectivity index (χ1) is 17.7. The summed E-state index contributed by atoms with van der Waals surface area (Å²) in [6, 6.07) is 15.3. The zero-order valence-electron chi connectivity index (χ0n) is 19.9. The highest BCUT2D eigenvalue weighted by molar-refractivity contribution is 5.95. The fraction of sp³-hybridized carbons (Fsp3) is 0.231. The first kappa shape index (κ1) is 25.8. The molecule has 0 atom stereocenters. The smallest absolute Gasteiger partial charge is 0.378 e. The molecular formula is C26H24F3N5O3. The molecule has 37 heavy (non-hydrogen) atoms. The van der Waals surface area contributed by atoms with Crippen LogP contribution < -0.4 is 10.9 Å². The van der Waals surface area contributed by atoms with Gasteiger partial charge in [0.05, 0.1) is 25.3 Å². The number of amides is 1. The SMILES string of the molecule is COCc1nn(Cc2ccc(Cn3ccccc3=O)cc2)cc1C(=O)NCc1cccnc1C(F)(F)F. The van der Waals surface area contributed by atoms with Crippen molar-refractivity contribution >= 4 is 5.91 Å². The maximum atomic E-state index is 13.2. The minimum absolute atomic E-state index is 0.0568. The van der Waals surface area contributed by atoms with E-state index >= 15 is 0 Å². The molecule has 0 fully saturated rings. The number of nitrogens with one attached hydrogen (secondary N) is 1. The van der Waals surface area contributed by atoms with Crippen LogP contribution in [0.3, 0.4) is 0 Å². The van der Waals surface area contributed by atoms with Gasteiger partial charge in [0, 0.05) is 43.9 Å². The molecule has 0 saturated carbocycles. The highest BCUT2D eigenvalue weighted by Gasteiger charge is 2.35. The highest BCUT2D eigenvalue weighted by atomic mass is 19.4. The predicted octanol–water partition coefficient (Wildman–Crippen LogP) is 3.63.